The molecule has 124 valence electrons. The number of pyridine rings is 1. The van der Waals surface area contributed by atoms with E-state index in [1.54, 1.807) is 37.4 Å². The summed E-state index contributed by atoms with van der Waals surface area (Å²) < 4.78 is 29.8. The number of aliphatic hydroxyl groups is 1. The number of benzene rings is 1. The third-order valence-corrected chi connectivity index (χ3v) is 4.46. The molecule has 2 rings (SSSR count). The Morgan fingerprint density at radius 3 is 2.65 bits per heavy atom. The molecule has 0 aliphatic heterocycles. The molecule has 1 aromatic heterocycles. The van der Waals surface area contributed by atoms with Gasteiger partial charge in [-0.05, 0) is 31.2 Å². The third-order valence-electron chi connectivity index (χ3n) is 3.14. The highest BCUT2D eigenvalue weighted by Crippen LogP contribution is 2.38. The van der Waals surface area contributed by atoms with E-state index in [0.717, 1.165) is 6.26 Å². The molecule has 0 radical (unpaired) electrons. The molecular weight excluding hydrogens is 338 g/mol. The van der Waals surface area contributed by atoms with E-state index in [2.05, 4.69) is 4.98 Å². The van der Waals surface area contributed by atoms with Gasteiger partial charge >= 0.3 is 0 Å². The van der Waals surface area contributed by atoms with E-state index in [1.807, 2.05) is 0 Å². The van der Waals surface area contributed by atoms with Gasteiger partial charge in [-0.1, -0.05) is 17.7 Å². The van der Waals surface area contributed by atoms with Crippen LogP contribution in [0.15, 0.2) is 41.4 Å². The van der Waals surface area contributed by atoms with Gasteiger partial charge in [-0.25, -0.2) is 8.42 Å². The Morgan fingerprint density at radius 1 is 1.35 bits per heavy atom. The van der Waals surface area contributed by atoms with E-state index in [0.29, 0.717) is 17.7 Å². The lowest BCUT2D eigenvalue weighted by atomic mass is 10.1. The van der Waals surface area contributed by atoms with Gasteiger partial charge in [-0.15, -0.1) is 0 Å². The molecule has 1 aromatic carbocycles. The Morgan fingerprint density at radius 2 is 2.09 bits per heavy atom. The molecule has 7 heteroatoms. The van der Waals surface area contributed by atoms with Crippen molar-refractivity contribution in [3.63, 3.8) is 0 Å². The van der Waals surface area contributed by atoms with E-state index in [-0.39, 0.29) is 22.3 Å². The van der Waals surface area contributed by atoms with E-state index in [1.165, 1.54) is 6.07 Å². The average molecular weight is 356 g/mol. The van der Waals surface area contributed by atoms with E-state index >= 15 is 0 Å². The molecule has 0 aliphatic rings. The highest BCUT2D eigenvalue weighted by Gasteiger charge is 2.21. The van der Waals surface area contributed by atoms with Gasteiger partial charge in [-0.3, -0.25) is 4.98 Å². The topological polar surface area (TPSA) is 76.5 Å². The van der Waals surface area contributed by atoms with Gasteiger partial charge in [0.1, 0.15) is 10.6 Å². The fraction of sp³-hybridized carbons (Fsp3) is 0.312. The fourth-order valence-electron chi connectivity index (χ4n) is 2.04. The molecule has 0 saturated heterocycles. The minimum atomic E-state index is -3.54. The molecule has 1 N–H and O–H groups in total. The predicted octanol–water partition coefficient (Wildman–Crippen LogP) is 2.96. The minimum absolute atomic E-state index is 0.0104. The van der Waals surface area contributed by atoms with Gasteiger partial charge < -0.3 is 9.84 Å². The molecule has 0 saturated carbocycles. The van der Waals surface area contributed by atoms with Crippen LogP contribution >= 0.6 is 11.6 Å². The summed E-state index contributed by atoms with van der Waals surface area (Å²) in [4.78, 5) is 4.24. The van der Waals surface area contributed by atoms with Crippen molar-refractivity contribution in [2.45, 2.75) is 24.3 Å². The van der Waals surface area contributed by atoms with E-state index < -0.39 is 15.9 Å². The van der Waals surface area contributed by atoms with Crippen molar-refractivity contribution in [1.82, 2.24) is 4.98 Å². The zero-order valence-electron chi connectivity index (χ0n) is 12.9. The van der Waals surface area contributed by atoms with Crippen LogP contribution in [-0.4, -0.2) is 37.5 Å². The second kappa shape index (κ2) is 7.29. The van der Waals surface area contributed by atoms with Gasteiger partial charge in [0.25, 0.3) is 0 Å². The summed E-state index contributed by atoms with van der Waals surface area (Å²) >= 11 is 6.07. The number of halogens is 1. The summed E-state index contributed by atoms with van der Waals surface area (Å²) in [5.74, 6) is 0.205. The van der Waals surface area contributed by atoms with Crippen molar-refractivity contribution in [2.75, 3.05) is 12.9 Å². The number of hydrogen-bond acceptors (Lipinski definition) is 5. The summed E-state index contributed by atoms with van der Waals surface area (Å²) in [6, 6.07) is 8.29. The van der Waals surface area contributed by atoms with Crippen molar-refractivity contribution in [3.8, 4) is 17.0 Å². The fourth-order valence-corrected chi connectivity index (χ4v) is 3.17. The van der Waals surface area contributed by atoms with Crippen LogP contribution in [0, 0.1) is 0 Å². The van der Waals surface area contributed by atoms with Crippen molar-refractivity contribution < 1.29 is 18.3 Å². The lowest BCUT2D eigenvalue weighted by molar-refractivity contribution is 0.155. The third kappa shape index (κ3) is 4.67. The van der Waals surface area contributed by atoms with Crippen LogP contribution in [0.1, 0.15) is 13.3 Å². The van der Waals surface area contributed by atoms with Gasteiger partial charge in [0.15, 0.2) is 9.84 Å². The predicted molar refractivity (Wildman–Crippen MR) is 89.6 cm³/mol. The molecular formula is C16H18ClNO4S. The molecule has 0 bridgehead atoms. The van der Waals surface area contributed by atoms with Crippen LogP contribution < -0.4 is 4.74 Å². The second-order valence-electron chi connectivity index (χ2n) is 5.25. The van der Waals surface area contributed by atoms with Gasteiger partial charge in [0.05, 0.1) is 18.4 Å². The normalized spacial score (nSPS) is 12.9. The Labute approximate surface area is 140 Å². The lowest BCUT2D eigenvalue weighted by Gasteiger charge is -2.16. The molecule has 0 aliphatic carbocycles. The number of aromatic nitrogens is 1. The van der Waals surface area contributed by atoms with Crippen LogP contribution in [0.4, 0.5) is 0 Å². The van der Waals surface area contributed by atoms with Crippen LogP contribution in [0.2, 0.25) is 5.02 Å². The van der Waals surface area contributed by atoms with Crippen molar-refractivity contribution >= 4 is 21.4 Å². The lowest BCUT2D eigenvalue weighted by Crippen LogP contribution is -2.10. The van der Waals surface area contributed by atoms with Crippen LogP contribution in [0.3, 0.4) is 0 Å². The second-order valence-corrected chi connectivity index (χ2v) is 7.67. The van der Waals surface area contributed by atoms with Crippen molar-refractivity contribution in [3.05, 3.63) is 41.6 Å². The number of nitrogens with zero attached hydrogens (tertiary/aromatic N) is 1. The molecule has 5 nitrogen and oxygen atoms in total. The van der Waals surface area contributed by atoms with Crippen molar-refractivity contribution in [1.29, 1.82) is 0 Å². The summed E-state index contributed by atoms with van der Waals surface area (Å²) in [5.41, 5.74) is 1.07. The SMILES string of the molecule is CC(O)CCOc1c(-c2ccccn2)cc(Cl)cc1S(C)(=O)=O. The molecule has 0 amide bonds. The molecule has 0 fully saturated rings. The number of sulfone groups is 1. The van der Waals surface area contributed by atoms with Gasteiger partial charge in [-0.2, -0.15) is 0 Å². The maximum Gasteiger partial charge on any atom is 0.179 e. The summed E-state index contributed by atoms with van der Waals surface area (Å²) in [6.07, 6.45) is 2.55. The van der Waals surface area contributed by atoms with E-state index in [4.69, 9.17) is 16.3 Å². The maximum atomic E-state index is 12.1. The van der Waals surface area contributed by atoms with Crippen LogP contribution in [0.5, 0.6) is 5.75 Å². The first-order valence-electron chi connectivity index (χ1n) is 7.05. The Hall–Kier alpha value is -1.63. The number of ether oxygens (including phenoxy) is 1. The zero-order valence-corrected chi connectivity index (χ0v) is 14.4. The quantitative estimate of drug-likeness (QED) is 0.862. The maximum absolute atomic E-state index is 12.1. The largest absolute Gasteiger partial charge is 0.491 e. The Bertz CT molecular complexity index is 776. The smallest absolute Gasteiger partial charge is 0.179 e. The molecule has 1 unspecified atom stereocenters. The van der Waals surface area contributed by atoms with E-state index in [9.17, 15) is 13.5 Å². The molecule has 0 spiro atoms. The first kappa shape index (κ1) is 17.7. The summed E-state index contributed by atoms with van der Waals surface area (Å²) in [6.45, 7) is 1.82. The zero-order chi connectivity index (χ0) is 17.0. The summed E-state index contributed by atoms with van der Waals surface area (Å²) in [5, 5.41) is 9.64. The first-order chi connectivity index (χ1) is 10.8. The first-order valence-corrected chi connectivity index (χ1v) is 9.32. The number of hydrogen-bond donors (Lipinski definition) is 1. The van der Waals surface area contributed by atoms with Crippen molar-refractivity contribution in [2.24, 2.45) is 0 Å². The van der Waals surface area contributed by atoms with Crippen LogP contribution in [-0.2, 0) is 9.84 Å². The standard InChI is InChI=1S/C16H18ClNO4S/c1-11(19)6-8-22-16-13(14-5-3-4-7-18-14)9-12(17)10-15(16)23(2,20)21/h3-5,7,9-11,19H,6,8H2,1-2H3. The number of rotatable bonds is 6. The number of aliphatic hydroxyl groups excluding tert-OH is 1. The molecule has 23 heavy (non-hydrogen) atoms. The highest BCUT2D eigenvalue weighted by atomic mass is 35.5. The van der Waals surface area contributed by atoms with Gasteiger partial charge in [0.2, 0.25) is 0 Å². The Kier molecular flexibility index (Phi) is 5.62. The molecule has 1 heterocycles. The monoisotopic (exact) mass is 355 g/mol. The highest BCUT2D eigenvalue weighted by molar-refractivity contribution is 7.90. The van der Waals surface area contributed by atoms with Gasteiger partial charge in [0, 0.05) is 29.5 Å². The Balaban J connectivity index is 2.57. The summed E-state index contributed by atoms with van der Waals surface area (Å²) in [7, 11) is -3.54. The minimum Gasteiger partial charge on any atom is -0.491 e. The average Bonchev–Trinajstić information content (AvgIpc) is 2.47. The van der Waals surface area contributed by atoms with Crippen LogP contribution in [0.25, 0.3) is 11.3 Å². The molecule has 2 aromatic rings. The molecule has 1 atom stereocenters.